The normalized spacial score (nSPS) is 12.3. The van der Waals surface area contributed by atoms with Gasteiger partial charge < -0.3 is 10.1 Å². The van der Waals surface area contributed by atoms with E-state index in [0.717, 1.165) is 9.87 Å². The van der Waals surface area contributed by atoms with Gasteiger partial charge >= 0.3 is 0 Å². The molecule has 8 heteroatoms. The van der Waals surface area contributed by atoms with Gasteiger partial charge in [-0.05, 0) is 48.2 Å². The molecule has 0 bridgehead atoms. The van der Waals surface area contributed by atoms with Gasteiger partial charge in [-0.15, -0.1) is 0 Å². The fourth-order valence-corrected chi connectivity index (χ4v) is 5.29. The van der Waals surface area contributed by atoms with Crippen molar-refractivity contribution in [2.75, 3.05) is 18.0 Å². The van der Waals surface area contributed by atoms with Crippen molar-refractivity contribution >= 4 is 33.2 Å². The smallest absolute Gasteiger partial charge is 0.264 e. The summed E-state index contributed by atoms with van der Waals surface area (Å²) in [5.41, 5.74) is 1.15. The highest BCUT2D eigenvalue weighted by atomic mass is 35.5. The number of amides is 1. The molecule has 34 heavy (non-hydrogen) atoms. The van der Waals surface area contributed by atoms with E-state index in [1.807, 2.05) is 30.3 Å². The Balaban J connectivity index is 1.99. The number of rotatable bonds is 10. The molecule has 6 nitrogen and oxygen atoms in total. The van der Waals surface area contributed by atoms with Crippen molar-refractivity contribution in [1.82, 2.24) is 5.32 Å². The molecular weight excluding hydrogens is 472 g/mol. The van der Waals surface area contributed by atoms with Gasteiger partial charge in [0.05, 0.1) is 23.7 Å². The minimum atomic E-state index is -4.09. The van der Waals surface area contributed by atoms with Gasteiger partial charge in [0, 0.05) is 5.02 Å². The highest BCUT2D eigenvalue weighted by Gasteiger charge is 2.30. The highest BCUT2D eigenvalue weighted by molar-refractivity contribution is 7.92. The molecule has 0 fully saturated rings. The Labute approximate surface area is 206 Å². The van der Waals surface area contributed by atoms with Gasteiger partial charge in [0.1, 0.15) is 12.3 Å². The number of sulfonamides is 1. The highest BCUT2D eigenvalue weighted by Crippen LogP contribution is 2.35. The molecule has 0 unspecified atom stereocenters. The quantitative estimate of drug-likeness (QED) is 0.401. The van der Waals surface area contributed by atoms with Crippen LogP contribution in [0.25, 0.3) is 0 Å². The zero-order chi connectivity index (χ0) is 24.7. The molecule has 0 radical (unpaired) electrons. The predicted octanol–water partition coefficient (Wildman–Crippen LogP) is 5.45. The molecule has 1 N–H and O–H groups in total. The van der Waals surface area contributed by atoms with Crippen molar-refractivity contribution in [3.05, 3.63) is 89.4 Å². The summed E-state index contributed by atoms with van der Waals surface area (Å²) >= 11 is 6.19. The van der Waals surface area contributed by atoms with Crippen LogP contribution >= 0.6 is 11.6 Å². The van der Waals surface area contributed by atoms with Crippen molar-refractivity contribution in [1.29, 1.82) is 0 Å². The van der Waals surface area contributed by atoms with Crippen molar-refractivity contribution in [2.24, 2.45) is 5.92 Å². The molecule has 3 aromatic rings. The number of methoxy groups -OCH3 is 1. The maximum atomic E-state index is 13.6. The second-order valence-electron chi connectivity index (χ2n) is 8.30. The predicted molar refractivity (Wildman–Crippen MR) is 136 cm³/mol. The number of halogens is 1. The molecule has 0 aliphatic rings. The first-order valence-electron chi connectivity index (χ1n) is 11.0. The van der Waals surface area contributed by atoms with Crippen LogP contribution in [0.5, 0.6) is 5.75 Å². The number of hydrogen-bond acceptors (Lipinski definition) is 4. The number of hydrogen-bond donors (Lipinski definition) is 1. The van der Waals surface area contributed by atoms with Gasteiger partial charge in [-0.1, -0.05) is 74.0 Å². The third-order valence-corrected chi connectivity index (χ3v) is 7.28. The molecular formula is C26H29ClN2O4S. The second kappa shape index (κ2) is 11.4. The van der Waals surface area contributed by atoms with Crippen molar-refractivity contribution in [3.63, 3.8) is 0 Å². The lowest BCUT2D eigenvalue weighted by Gasteiger charge is -2.27. The van der Waals surface area contributed by atoms with E-state index in [0.29, 0.717) is 23.1 Å². The third kappa shape index (κ3) is 6.30. The molecule has 1 amide bonds. The van der Waals surface area contributed by atoms with Crippen LogP contribution in [0, 0.1) is 5.92 Å². The van der Waals surface area contributed by atoms with Crippen LogP contribution in [0.1, 0.15) is 31.9 Å². The zero-order valence-electron chi connectivity index (χ0n) is 19.4. The lowest BCUT2D eigenvalue weighted by molar-refractivity contribution is -0.120. The van der Waals surface area contributed by atoms with Crippen LogP contribution in [-0.4, -0.2) is 28.0 Å². The Morgan fingerprint density at radius 3 is 2.21 bits per heavy atom. The maximum Gasteiger partial charge on any atom is 0.264 e. The van der Waals surface area contributed by atoms with Gasteiger partial charge in [0.15, 0.2) is 0 Å². The Hall–Kier alpha value is -3.03. The first-order chi connectivity index (χ1) is 16.2. The Kier molecular flexibility index (Phi) is 8.58. The molecule has 0 aliphatic carbocycles. The molecule has 0 aliphatic heterocycles. The van der Waals surface area contributed by atoms with E-state index in [4.69, 9.17) is 16.3 Å². The van der Waals surface area contributed by atoms with E-state index >= 15 is 0 Å². The van der Waals surface area contributed by atoms with Crippen LogP contribution in [0.4, 0.5) is 5.69 Å². The summed E-state index contributed by atoms with van der Waals surface area (Å²) in [5.74, 6) is 0.178. The minimum absolute atomic E-state index is 0.0617. The third-order valence-electron chi connectivity index (χ3n) is 5.27. The SMILES string of the molecule is COc1ccc(Cl)cc1N(CC(=O)N[C@@H](CC(C)C)c1ccccc1)S(=O)(=O)c1ccccc1. The summed E-state index contributed by atoms with van der Waals surface area (Å²) in [6.45, 7) is 3.71. The number of benzene rings is 3. The number of anilines is 1. The summed E-state index contributed by atoms with van der Waals surface area (Å²) in [4.78, 5) is 13.3. The fraction of sp³-hybridized carbons (Fsp3) is 0.269. The minimum Gasteiger partial charge on any atom is -0.495 e. The van der Waals surface area contributed by atoms with Crippen LogP contribution in [-0.2, 0) is 14.8 Å². The molecule has 0 saturated carbocycles. The number of carbonyl (C=O) groups is 1. The van der Waals surface area contributed by atoms with Crippen LogP contribution in [0.15, 0.2) is 83.8 Å². The average molecular weight is 501 g/mol. The molecule has 0 saturated heterocycles. The van der Waals surface area contributed by atoms with E-state index in [9.17, 15) is 13.2 Å². The maximum absolute atomic E-state index is 13.6. The summed E-state index contributed by atoms with van der Waals surface area (Å²) in [7, 11) is -2.65. The standard InChI is InChI=1S/C26H29ClN2O4S/c1-19(2)16-23(20-10-6-4-7-11-20)28-26(30)18-29(24-17-21(27)14-15-25(24)33-3)34(31,32)22-12-8-5-9-13-22/h4-15,17,19,23H,16,18H2,1-3H3,(H,28,30)/t23-/m0/s1. The van der Waals surface area contributed by atoms with E-state index < -0.39 is 22.5 Å². The van der Waals surface area contributed by atoms with Crippen molar-refractivity contribution in [2.45, 2.75) is 31.2 Å². The van der Waals surface area contributed by atoms with Gasteiger partial charge in [0.2, 0.25) is 5.91 Å². The Morgan fingerprint density at radius 2 is 1.62 bits per heavy atom. The average Bonchev–Trinajstić information content (AvgIpc) is 2.83. The Morgan fingerprint density at radius 1 is 1.00 bits per heavy atom. The summed E-state index contributed by atoms with van der Waals surface area (Å²) in [6, 6.07) is 22.0. The first-order valence-corrected chi connectivity index (χ1v) is 12.8. The van der Waals surface area contributed by atoms with Crippen molar-refractivity contribution in [3.8, 4) is 5.75 Å². The van der Waals surface area contributed by atoms with E-state index in [1.165, 1.54) is 25.3 Å². The summed E-state index contributed by atoms with van der Waals surface area (Å²) < 4.78 is 33.7. The van der Waals surface area contributed by atoms with E-state index in [-0.39, 0.29) is 16.6 Å². The van der Waals surface area contributed by atoms with E-state index in [2.05, 4.69) is 19.2 Å². The van der Waals surface area contributed by atoms with Gasteiger partial charge in [0.25, 0.3) is 10.0 Å². The molecule has 3 aromatic carbocycles. The Bertz CT molecular complexity index is 1200. The van der Waals surface area contributed by atoms with Crippen molar-refractivity contribution < 1.29 is 17.9 Å². The molecule has 0 aromatic heterocycles. The topological polar surface area (TPSA) is 75.7 Å². The van der Waals surface area contributed by atoms with Crippen LogP contribution in [0.2, 0.25) is 5.02 Å². The van der Waals surface area contributed by atoms with E-state index in [1.54, 1.807) is 30.3 Å². The lowest BCUT2D eigenvalue weighted by atomic mass is 9.97. The molecule has 0 heterocycles. The largest absolute Gasteiger partial charge is 0.495 e. The zero-order valence-corrected chi connectivity index (χ0v) is 21.0. The first kappa shape index (κ1) is 25.6. The van der Waals surface area contributed by atoms with Crippen LogP contribution in [0.3, 0.4) is 0 Å². The second-order valence-corrected chi connectivity index (χ2v) is 10.6. The molecule has 1 atom stereocenters. The fourth-order valence-electron chi connectivity index (χ4n) is 3.68. The monoisotopic (exact) mass is 500 g/mol. The van der Waals surface area contributed by atoms with Crippen LogP contribution < -0.4 is 14.4 Å². The molecule has 0 spiro atoms. The number of ether oxygens (including phenoxy) is 1. The summed E-state index contributed by atoms with van der Waals surface area (Å²) in [6.07, 6.45) is 0.710. The number of carbonyl (C=O) groups excluding carboxylic acids is 1. The number of nitrogens with zero attached hydrogens (tertiary/aromatic N) is 1. The number of nitrogens with one attached hydrogen (secondary N) is 1. The van der Waals surface area contributed by atoms with Gasteiger partial charge in [-0.25, -0.2) is 8.42 Å². The molecule has 180 valence electrons. The lowest BCUT2D eigenvalue weighted by Crippen LogP contribution is -2.42. The summed E-state index contributed by atoms with van der Waals surface area (Å²) in [5, 5.41) is 3.35. The molecule has 3 rings (SSSR count). The van der Waals surface area contributed by atoms with Gasteiger partial charge in [-0.3, -0.25) is 9.10 Å². The van der Waals surface area contributed by atoms with Gasteiger partial charge in [-0.2, -0.15) is 0 Å².